The number of likely N-dealkylation sites (N-methyl/N-ethyl adjacent to an activating group) is 1. The van der Waals surface area contributed by atoms with Gasteiger partial charge in [0.05, 0.1) is 4.47 Å². The molecule has 0 spiro atoms. The van der Waals surface area contributed by atoms with E-state index in [-0.39, 0.29) is 0 Å². The summed E-state index contributed by atoms with van der Waals surface area (Å²) < 4.78 is 0.971. The Kier molecular flexibility index (Phi) is 5.60. The van der Waals surface area contributed by atoms with Gasteiger partial charge in [-0.05, 0) is 49.3 Å². The van der Waals surface area contributed by atoms with E-state index < -0.39 is 0 Å². The fraction of sp³-hybridized carbons (Fsp3) is 0.714. The minimum atomic E-state index is 0.595. The first-order valence-corrected chi connectivity index (χ1v) is 8.09. The number of anilines is 2. The Morgan fingerprint density at radius 1 is 1.50 bits per heavy atom. The van der Waals surface area contributed by atoms with Crippen molar-refractivity contribution in [2.24, 2.45) is 0 Å². The summed E-state index contributed by atoms with van der Waals surface area (Å²) in [6.07, 6.45) is 5.38. The van der Waals surface area contributed by atoms with Crippen molar-refractivity contribution in [2.45, 2.75) is 32.2 Å². The van der Waals surface area contributed by atoms with E-state index in [0.29, 0.717) is 6.04 Å². The van der Waals surface area contributed by atoms with Gasteiger partial charge in [0.2, 0.25) is 5.95 Å². The lowest BCUT2D eigenvalue weighted by molar-refractivity contribution is 0.257. The van der Waals surface area contributed by atoms with Crippen LogP contribution in [0.5, 0.6) is 0 Å². The van der Waals surface area contributed by atoms with Crippen LogP contribution < -0.4 is 10.2 Å². The van der Waals surface area contributed by atoms with Gasteiger partial charge in [0.1, 0.15) is 5.82 Å². The summed E-state index contributed by atoms with van der Waals surface area (Å²) in [7, 11) is 4.30. The minimum absolute atomic E-state index is 0.595. The summed E-state index contributed by atoms with van der Waals surface area (Å²) in [5, 5.41) is 3.25. The fourth-order valence-electron chi connectivity index (χ4n) is 2.47. The molecule has 1 aliphatic heterocycles. The Balaban J connectivity index is 2.13. The minimum Gasteiger partial charge on any atom is -0.354 e. The largest absolute Gasteiger partial charge is 0.354 e. The Bertz CT molecular complexity index is 438. The summed E-state index contributed by atoms with van der Waals surface area (Å²) in [5.74, 6) is 1.72. The highest BCUT2D eigenvalue weighted by molar-refractivity contribution is 9.10. The van der Waals surface area contributed by atoms with Gasteiger partial charge in [-0.3, -0.25) is 0 Å². The van der Waals surface area contributed by atoms with Crippen molar-refractivity contribution in [2.75, 3.05) is 43.9 Å². The monoisotopic (exact) mass is 341 g/mol. The fourth-order valence-corrected chi connectivity index (χ4v) is 2.91. The molecule has 0 bridgehead atoms. The number of hydrogen-bond donors (Lipinski definition) is 1. The second kappa shape index (κ2) is 7.22. The van der Waals surface area contributed by atoms with Gasteiger partial charge < -0.3 is 15.1 Å². The molecule has 1 saturated heterocycles. The summed E-state index contributed by atoms with van der Waals surface area (Å²) >= 11 is 3.58. The number of nitrogens with zero attached hydrogens (tertiary/aromatic N) is 4. The maximum atomic E-state index is 4.67. The predicted octanol–water partition coefficient (Wildman–Crippen LogP) is 2.59. The first kappa shape index (κ1) is 15.5. The van der Waals surface area contributed by atoms with Gasteiger partial charge in [-0.15, -0.1) is 0 Å². The Hall–Kier alpha value is -0.880. The molecule has 1 N–H and O–H groups in total. The molecule has 0 aliphatic carbocycles. The lowest BCUT2D eigenvalue weighted by Crippen LogP contribution is -2.45. The van der Waals surface area contributed by atoms with Crippen molar-refractivity contribution in [3.63, 3.8) is 0 Å². The molecule has 1 aromatic rings. The highest BCUT2D eigenvalue weighted by atomic mass is 79.9. The molecule has 1 fully saturated rings. The normalized spacial score (nSPS) is 19.4. The molecule has 1 aliphatic rings. The zero-order valence-corrected chi connectivity index (χ0v) is 14.2. The molecule has 0 aromatic carbocycles. The third kappa shape index (κ3) is 3.82. The lowest BCUT2D eigenvalue weighted by Gasteiger charge is -2.37. The number of rotatable bonds is 5. The van der Waals surface area contributed by atoms with Crippen LogP contribution in [0.3, 0.4) is 0 Å². The second-order valence-electron chi connectivity index (χ2n) is 5.50. The number of halogens is 1. The Morgan fingerprint density at radius 2 is 2.30 bits per heavy atom. The first-order valence-electron chi connectivity index (χ1n) is 7.29. The molecule has 1 aromatic heterocycles. The van der Waals surface area contributed by atoms with E-state index in [0.717, 1.165) is 42.3 Å². The van der Waals surface area contributed by atoms with Crippen LogP contribution in [-0.4, -0.2) is 54.6 Å². The van der Waals surface area contributed by atoms with Crippen molar-refractivity contribution in [3.05, 3.63) is 10.7 Å². The van der Waals surface area contributed by atoms with Crippen molar-refractivity contribution in [1.82, 2.24) is 14.9 Å². The van der Waals surface area contributed by atoms with Gasteiger partial charge in [-0.25, -0.2) is 4.98 Å². The van der Waals surface area contributed by atoms with Crippen molar-refractivity contribution in [3.8, 4) is 0 Å². The van der Waals surface area contributed by atoms with Crippen LogP contribution in [0.15, 0.2) is 10.7 Å². The maximum Gasteiger partial charge on any atom is 0.224 e. The molecule has 1 unspecified atom stereocenters. The molecule has 6 heteroatoms. The Labute approximate surface area is 129 Å². The molecule has 20 heavy (non-hydrogen) atoms. The molecule has 1 atom stereocenters. The molecule has 0 saturated carbocycles. The van der Waals surface area contributed by atoms with Crippen molar-refractivity contribution in [1.29, 1.82) is 0 Å². The second-order valence-corrected chi connectivity index (χ2v) is 6.35. The average molecular weight is 342 g/mol. The number of nitrogens with one attached hydrogen (secondary N) is 1. The zero-order chi connectivity index (χ0) is 14.5. The maximum absolute atomic E-state index is 4.67. The van der Waals surface area contributed by atoms with Gasteiger partial charge in [0.15, 0.2) is 0 Å². The quantitative estimate of drug-likeness (QED) is 0.891. The molecule has 112 valence electrons. The summed E-state index contributed by atoms with van der Waals surface area (Å²) in [5.41, 5.74) is 0. The number of aromatic nitrogens is 2. The topological polar surface area (TPSA) is 44.3 Å². The van der Waals surface area contributed by atoms with E-state index in [1.165, 1.54) is 12.8 Å². The molecule has 0 radical (unpaired) electrons. The van der Waals surface area contributed by atoms with E-state index in [2.05, 4.69) is 62.0 Å². The first-order chi connectivity index (χ1) is 9.61. The standard InChI is InChI=1S/C14H24BrN5/c1-4-7-16-14-17-9-12(15)13(18-14)20-8-5-6-11(10-20)19(2)3/h9,11H,4-8,10H2,1-3H3,(H,16,17,18). The average Bonchev–Trinajstić information content (AvgIpc) is 2.46. The van der Waals surface area contributed by atoms with Crippen LogP contribution in [0.2, 0.25) is 0 Å². The molecule has 0 amide bonds. The SMILES string of the molecule is CCCNc1ncc(Br)c(N2CCCC(N(C)C)C2)n1. The number of hydrogen-bond acceptors (Lipinski definition) is 5. The van der Waals surface area contributed by atoms with Crippen LogP contribution >= 0.6 is 15.9 Å². The van der Waals surface area contributed by atoms with Gasteiger partial charge in [0.25, 0.3) is 0 Å². The van der Waals surface area contributed by atoms with E-state index >= 15 is 0 Å². The van der Waals surface area contributed by atoms with Crippen LogP contribution in [-0.2, 0) is 0 Å². The highest BCUT2D eigenvalue weighted by Crippen LogP contribution is 2.27. The number of piperidine rings is 1. The van der Waals surface area contributed by atoms with Gasteiger partial charge >= 0.3 is 0 Å². The van der Waals surface area contributed by atoms with E-state index in [1.807, 2.05) is 6.20 Å². The molecular formula is C14H24BrN5. The van der Waals surface area contributed by atoms with Gasteiger partial charge in [-0.2, -0.15) is 4.98 Å². The molecule has 5 nitrogen and oxygen atoms in total. The van der Waals surface area contributed by atoms with Crippen molar-refractivity contribution < 1.29 is 0 Å². The summed E-state index contributed by atoms with van der Waals surface area (Å²) in [4.78, 5) is 13.6. The molecule has 2 rings (SSSR count). The third-order valence-corrected chi connectivity index (χ3v) is 4.24. The van der Waals surface area contributed by atoms with E-state index in [9.17, 15) is 0 Å². The van der Waals surface area contributed by atoms with Gasteiger partial charge in [-0.1, -0.05) is 6.92 Å². The smallest absolute Gasteiger partial charge is 0.224 e. The van der Waals surface area contributed by atoms with Crippen LogP contribution in [0.1, 0.15) is 26.2 Å². The lowest BCUT2D eigenvalue weighted by atomic mass is 10.1. The van der Waals surface area contributed by atoms with Gasteiger partial charge in [0, 0.05) is 31.9 Å². The van der Waals surface area contributed by atoms with E-state index in [1.54, 1.807) is 0 Å². The summed E-state index contributed by atoms with van der Waals surface area (Å²) in [6.45, 7) is 5.13. The third-order valence-electron chi connectivity index (χ3n) is 3.69. The highest BCUT2D eigenvalue weighted by Gasteiger charge is 2.24. The van der Waals surface area contributed by atoms with Crippen molar-refractivity contribution >= 4 is 27.7 Å². The Morgan fingerprint density at radius 3 is 3.00 bits per heavy atom. The molecular weight excluding hydrogens is 318 g/mol. The van der Waals surface area contributed by atoms with Crippen LogP contribution in [0, 0.1) is 0 Å². The van der Waals surface area contributed by atoms with Crippen LogP contribution in [0.25, 0.3) is 0 Å². The summed E-state index contributed by atoms with van der Waals surface area (Å²) in [6, 6.07) is 0.595. The van der Waals surface area contributed by atoms with E-state index in [4.69, 9.17) is 0 Å². The zero-order valence-electron chi connectivity index (χ0n) is 12.6. The van der Waals surface area contributed by atoms with Crippen LogP contribution in [0.4, 0.5) is 11.8 Å². The predicted molar refractivity (Wildman–Crippen MR) is 87.4 cm³/mol. The molecule has 2 heterocycles.